The molecule has 0 amide bonds. The molecule has 3 rings (SSSR count). The van der Waals surface area contributed by atoms with Crippen LogP contribution in [0.4, 0.5) is 0 Å². The largest absolute Gasteiger partial charge is 0.373 e. The molecule has 0 N–H and O–H groups in total. The Balaban J connectivity index is 1.71. The maximum absolute atomic E-state index is 6.33. The number of ether oxygens (including phenoxy) is 1. The van der Waals surface area contributed by atoms with Crippen LogP contribution in [0.5, 0.6) is 0 Å². The van der Waals surface area contributed by atoms with Gasteiger partial charge in [-0.15, -0.1) is 0 Å². The number of aryl methyl sites for hydroxylation is 2. The van der Waals surface area contributed by atoms with Crippen LogP contribution in [0.15, 0.2) is 41.5 Å². The van der Waals surface area contributed by atoms with Crippen molar-refractivity contribution in [2.24, 2.45) is 5.92 Å². The number of rotatable bonds is 3. The van der Waals surface area contributed by atoms with E-state index in [1.54, 1.807) is 0 Å². The number of hydrogen-bond donors (Lipinski definition) is 0. The summed E-state index contributed by atoms with van der Waals surface area (Å²) in [5, 5.41) is 1.96. The number of halogens is 1. The fourth-order valence-corrected chi connectivity index (χ4v) is 4.96. The molecule has 1 aliphatic heterocycles. The average Bonchev–Trinajstić information content (AvgIpc) is 2.46. The number of thioether (sulfide) groups is 1. The second kappa shape index (κ2) is 6.82. The predicted molar refractivity (Wildman–Crippen MR) is 96.5 cm³/mol. The van der Waals surface area contributed by atoms with Crippen LogP contribution in [-0.2, 0) is 11.3 Å². The Morgan fingerprint density at radius 2 is 2.14 bits per heavy atom. The molecule has 4 atom stereocenters. The summed E-state index contributed by atoms with van der Waals surface area (Å²) in [7, 11) is 0. The first-order chi connectivity index (χ1) is 10.5. The number of allylic oxidation sites excluding steroid dienone is 2. The van der Waals surface area contributed by atoms with E-state index in [4.69, 9.17) is 16.3 Å². The van der Waals surface area contributed by atoms with Gasteiger partial charge in [0, 0.05) is 21.5 Å². The number of hydrogen-bond acceptors (Lipinski definition) is 2. The third kappa shape index (κ3) is 3.61. The molecule has 0 aromatic heterocycles. The third-order valence-electron chi connectivity index (χ3n) is 4.51. The molecule has 1 heterocycles. The van der Waals surface area contributed by atoms with E-state index in [-0.39, 0.29) is 6.10 Å². The van der Waals surface area contributed by atoms with E-state index in [0.717, 1.165) is 11.5 Å². The van der Waals surface area contributed by atoms with E-state index >= 15 is 0 Å². The zero-order valence-electron chi connectivity index (χ0n) is 13.4. The quantitative estimate of drug-likeness (QED) is 0.732. The molecular weight excluding hydrogens is 312 g/mol. The lowest BCUT2D eigenvalue weighted by Crippen LogP contribution is -2.38. The van der Waals surface area contributed by atoms with Gasteiger partial charge in [0.1, 0.15) is 0 Å². The Labute approximate surface area is 142 Å². The van der Waals surface area contributed by atoms with Gasteiger partial charge in [-0.25, -0.2) is 0 Å². The molecule has 22 heavy (non-hydrogen) atoms. The van der Waals surface area contributed by atoms with Gasteiger partial charge in [0.25, 0.3) is 0 Å². The lowest BCUT2D eigenvalue weighted by molar-refractivity contribution is 0.00694. The van der Waals surface area contributed by atoms with Crippen LogP contribution in [0.25, 0.3) is 0 Å². The summed E-state index contributed by atoms with van der Waals surface area (Å²) in [6, 6.07) is 6.57. The van der Waals surface area contributed by atoms with E-state index in [9.17, 15) is 0 Å². The highest BCUT2D eigenvalue weighted by molar-refractivity contribution is 8.00. The minimum absolute atomic E-state index is 0.251. The third-order valence-corrected chi connectivity index (χ3v) is 6.20. The minimum atomic E-state index is 0.251. The zero-order chi connectivity index (χ0) is 15.7. The van der Waals surface area contributed by atoms with E-state index in [0.29, 0.717) is 23.0 Å². The van der Waals surface area contributed by atoms with E-state index in [1.165, 1.54) is 16.7 Å². The van der Waals surface area contributed by atoms with Crippen molar-refractivity contribution in [1.82, 2.24) is 0 Å². The average molecular weight is 335 g/mol. The summed E-state index contributed by atoms with van der Waals surface area (Å²) < 4.78 is 6.33. The summed E-state index contributed by atoms with van der Waals surface area (Å²) >= 11 is 8.24. The van der Waals surface area contributed by atoms with Crippen molar-refractivity contribution in [2.45, 2.75) is 50.4 Å². The van der Waals surface area contributed by atoms with E-state index in [2.05, 4.69) is 51.1 Å². The summed E-state index contributed by atoms with van der Waals surface area (Å²) in [5.74, 6) is 0.393. The highest BCUT2D eigenvalue weighted by Crippen LogP contribution is 2.42. The summed E-state index contributed by atoms with van der Waals surface area (Å²) in [4.78, 5) is 0. The summed E-state index contributed by atoms with van der Waals surface area (Å²) in [6.07, 6.45) is 7.78. The zero-order valence-corrected chi connectivity index (χ0v) is 15.0. The van der Waals surface area contributed by atoms with Crippen LogP contribution in [0.1, 0.15) is 30.0 Å². The van der Waals surface area contributed by atoms with Crippen molar-refractivity contribution >= 4 is 23.4 Å². The first-order valence-corrected chi connectivity index (χ1v) is 9.23. The molecule has 1 saturated heterocycles. The lowest BCUT2D eigenvalue weighted by atomic mass is 9.90. The van der Waals surface area contributed by atoms with Gasteiger partial charge in [-0.2, -0.15) is 11.8 Å². The summed E-state index contributed by atoms with van der Waals surface area (Å²) in [6.45, 7) is 7.27. The van der Waals surface area contributed by atoms with Crippen molar-refractivity contribution < 1.29 is 4.74 Å². The maximum Gasteiger partial charge on any atom is 0.0723 e. The Kier molecular flexibility index (Phi) is 5.01. The molecule has 1 aromatic carbocycles. The van der Waals surface area contributed by atoms with Crippen molar-refractivity contribution in [3.05, 3.63) is 58.1 Å². The molecular formula is C19H23ClOS. The molecule has 0 bridgehead atoms. The smallest absolute Gasteiger partial charge is 0.0723 e. The second-order valence-electron chi connectivity index (χ2n) is 6.41. The fraction of sp³-hybridized carbons (Fsp3) is 0.474. The molecule has 0 unspecified atom stereocenters. The molecule has 1 nitrogen and oxygen atoms in total. The van der Waals surface area contributed by atoms with Crippen molar-refractivity contribution in [2.75, 3.05) is 0 Å². The molecule has 1 aliphatic carbocycles. The van der Waals surface area contributed by atoms with Crippen molar-refractivity contribution in [3.8, 4) is 0 Å². The van der Waals surface area contributed by atoms with Gasteiger partial charge < -0.3 is 4.74 Å². The molecule has 2 aliphatic rings. The summed E-state index contributed by atoms with van der Waals surface area (Å²) in [5.41, 5.74) is 3.90. The Bertz CT molecular complexity index is 607. The normalized spacial score (nSPS) is 30.8. The van der Waals surface area contributed by atoms with Gasteiger partial charge in [0.15, 0.2) is 0 Å². The SMILES string of the molecule is Cc1ccc(CO[C@H]2C[C@H](C)S[C@H]3C=CC(Cl)=C[C@H]23)c(C)c1. The van der Waals surface area contributed by atoms with Crippen molar-refractivity contribution in [3.63, 3.8) is 0 Å². The van der Waals surface area contributed by atoms with E-state index < -0.39 is 0 Å². The lowest BCUT2D eigenvalue weighted by Gasteiger charge is -2.39. The van der Waals surface area contributed by atoms with Gasteiger partial charge in [-0.05, 0) is 37.5 Å². The first-order valence-electron chi connectivity index (χ1n) is 7.91. The molecule has 3 heteroatoms. The standard InChI is InChI=1S/C19H23ClOS/c1-12-4-5-15(13(2)8-12)11-21-18-9-14(3)22-19-7-6-16(20)10-17(18)19/h4-8,10,14,17-19H,9,11H2,1-3H3/t14-,17+,18-,19-/m0/s1. The van der Waals surface area contributed by atoms with Gasteiger partial charge >= 0.3 is 0 Å². The van der Waals surface area contributed by atoms with Crippen LogP contribution in [-0.4, -0.2) is 16.6 Å². The number of benzene rings is 1. The molecule has 0 saturated carbocycles. The van der Waals surface area contributed by atoms with Gasteiger partial charge in [0.2, 0.25) is 0 Å². The van der Waals surface area contributed by atoms with Crippen molar-refractivity contribution in [1.29, 1.82) is 0 Å². The van der Waals surface area contributed by atoms with Crippen LogP contribution in [0.3, 0.4) is 0 Å². The molecule has 0 spiro atoms. The maximum atomic E-state index is 6.33. The van der Waals surface area contributed by atoms with Crippen LogP contribution >= 0.6 is 23.4 Å². The topological polar surface area (TPSA) is 9.23 Å². The fourth-order valence-electron chi connectivity index (χ4n) is 3.30. The highest BCUT2D eigenvalue weighted by atomic mass is 35.5. The molecule has 118 valence electrons. The van der Waals surface area contributed by atoms with Crippen LogP contribution < -0.4 is 0 Å². The number of fused-ring (bicyclic) bond motifs is 1. The van der Waals surface area contributed by atoms with E-state index in [1.807, 2.05) is 17.8 Å². The monoisotopic (exact) mass is 334 g/mol. The second-order valence-corrected chi connectivity index (χ2v) is 8.47. The Morgan fingerprint density at radius 1 is 1.32 bits per heavy atom. The van der Waals surface area contributed by atoms with Gasteiger partial charge in [0.05, 0.1) is 12.7 Å². The Morgan fingerprint density at radius 3 is 2.91 bits per heavy atom. The van der Waals surface area contributed by atoms with Crippen LogP contribution in [0, 0.1) is 19.8 Å². The molecule has 1 aromatic rings. The molecule has 1 fully saturated rings. The minimum Gasteiger partial charge on any atom is -0.373 e. The van der Waals surface area contributed by atoms with Gasteiger partial charge in [-0.1, -0.05) is 54.4 Å². The highest BCUT2D eigenvalue weighted by Gasteiger charge is 2.36. The first kappa shape index (κ1) is 16.2. The van der Waals surface area contributed by atoms with Crippen LogP contribution in [0.2, 0.25) is 0 Å². The van der Waals surface area contributed by atoms with Gasteiger partial charge in [-0.3, -0.25) is 0 Å². The molecule has 0 radical (unpaired) electrons. The Hall–Kier alpha value is -0.700. The predicted octanol–water partition coefficient (Wildman–Crippen LogP) is 5.39.